The van der Waals surface area contributed by atoms with Crippen molar-refractivity contribution in [3.05, 3.63) is 89.5 Å². The predicted octanol–water partition coefficient (Wildman–Crippen LogP) is 5.48. The van der Waals surface area contributed by atoms with Gasteiger partial charge in [-0.1, -0.05) is 73.7 Å². The summed E-state index contributed by atoms with van der Waals surface area (Å²) in [6.45, 7) is 8.40. The average Bonchev–Trinajstić information content (AvgIpc) is 3.65. The van der Waals surface area contributed by atoms with Crippen LogP contribution in [0, 0.1) is 5.92 Å². The van der Waals surface area contributed by atoms with Crippen molar-refractivity contribution >= 4 is 30.8 Å². The summed E-state index contributed by atoms with van der Waals surface area (Å²) in [5.41, 5.74) is 4.81. The van der Waals surface area contributed by atoms with E-state index >= 15 is 0 Å². The molecule has 3 aliphatic rings. The molecule has 244 valence electrons. The first-order valence-corrected chi connectivity index (χ1v) is 19.9. The molecule has 2 amide bonds. The van der Waals surface area contributed by atoms with Crippen molar-refractivity contribution in [2.24, 2.45) is 5.92 Å². The smallest absolute Gasteiger partial charge is 0.227 e. The molecule has 0 spiro atoms. The van der Waals surface area contributed by atoms with Crippen LogP contribution in [-0.4, -0.2) is 68.4 Å². The van der Waals surface area contributed by atoms with Crippen LogP contribution in [0.4, 0.5) is 5.69 Å². The Labute approximate surface area is 274 Å². The minimum atomic E-state index is -2.12. The van der Waals surface area contributed by atoms with Crippen LogP contribution >= 0.6 is 0 Å². The summed E-state index contributed by atoms with van der Waals surface area (Å²) in [4.78, 5) is 30.1. The Hall–Kier alpha value is -3.46. The second-order valence-electron chi connectivity index (χ2n) is 13.9. The molecule has 3 aromatic carbocycles. The maximum Gasteiger partial charge on any atom is 0.227 e. The van der Waals surface area contributed by atoms with Crippen molar-refractivity contribution in [3.63, 3.8) is 0 Å². The fourth-order valence-corrected chi connectivity index (χ4v) is 12.3. The quantitative estimate of drug-likeness (QED) is 0.297. The molecule has 3 aliphatic heterocycles. The normalized spacial score (nSPS) is 24.7. The van der Waals surface area contributed by atoms with Crippen molar-refractivity contribution in [1.29, 1.82) is 0 Å². The van der Waals surface area contributed by atoms with Crippen molar-refractivity contribution in [2.75, 3.05) is 25.2 Å². The van der Waals surface area contributed by atoms with Gasteiger partial charge in [0.1, 0.15) is 5.75 Å². The molecule has 3 aromatic rings. The zero-order valence-electron chi connectivity index (χ0n) is 27.7. The molecule has 0 radical (unpaired) electrons. The number of amides is 2. The summed E-state index contributed by atoms with van der Waals surface area (Å²) < 4.78 is 12.4. The number of rotatable bonds is 10. The van der Waals surface area contributed by atoms with Gasteiger partial charge in [0.25, 0.3) is 0 Å². The van der Waals surface area contributed by atoms with E-state index in [1.807, 2.05) is 34.1 Å². The molecule has 0 saturated carbocycles. The number of aliphatic hydroxyl groups is 1. The van der Waals surface area contributed by atoms with E-state index in [2.05, 4.69) is 68.5 Å². The number of fused-ring (bicyclic) bond motifs is 1. The van der Waals surface area contributed by atoms with Gasteiger partial charge in [0.2, 0.25) is 11.8 Å². The summed E-state index contributed by atoms with van der Waals surface area (Å²) in [5.74, 6) is 1.38. The minimum absolute atomic E-state index is 0.0309. The number of hydrogen-bond acceptors (Lipinski definition) is 5. The van der Waals surface area contributed by atoms with E-state index in [1.54, 1.807) is 7.11 Å². The molecule has 0 unspecified atom stereocenters. The number of nitrogens with zero attached hydrogens (tertiary/aromatic N) is 2. The number of carbonyl (C=O) groups is 2. The largest absolute Gasteiger partial charge is 0.497 e. The third-order valence-corrected chi connectivity index (χ3v) is 15.3. The maximum atomic E-state index is 14.1. The lowest BCUT2D eigenvalue weighted by Crippen LogP contribution is -2.52. The van der Waals surface area contributed by atoms with E-state index in [-0.39, 0.29) is 48.1 Å². The van der Waals surface area contributed by atoms with Gasteiger partial charge in [0.15, 0.2) is 0 Å². The monoisotopic (exact) mass is 640 g/mol. The van der Waals surface area contributed by atoms with Crippen molar-refractivity contribution in [3.8, 4) is 5.75 Å². The minimum Gasteiger partial charge on any atom is -0.497 e. The highest BCUT2D eigenvalue weighted by molar-refractivity contribution is 6.91. The average molecular weight is 641 g/mol. The van der Waals surface area contributed by atoms with E-state index < -0.39 is 8.07 Å². The Morgan fingerprint density at radius 3 is 2.37 bits per heavy atom. The fraction of sp³-hybridized carbons (Fsp3) is 0.474. The fourth-order valence-electron chi connectivity index (χ4n) is 8.25. The van der Waals surface area contributed by atoms with E-state index in [1.165, 1.54) is 16.3 Å². The molecule has 1 N–H and O–H groups in total. The van der Waals surface area contributed by atoms with Crippen LogP contribution in [0.1, 0.15) is 49.3 Å². The Kier molecular flexibility index (Phi) is 9.69. The van der Waals surface area contributed by atoms with Crippen LogP contribution in [0.25, 0.3) is 0 Å². The van der Waals surface area contributed by atoms with E-state index in [4.69, 9.17) is 9.47 Å². The van der Waals surface area contributed by atoms with Crippen LogP contribution in [0.2, 0.25) is 18.6 Å². The number of aliphatic hydroxyl groups excluding tert-OH is 1. The van der Waals surface area contributed by atoms with Gasteiger partial charge in [-0.25, -0.2) is 0 Å². The molecule has 0 aliphatic carbocycles. The highest BCUT2D eigenvalue weighted by Gasteiger charge is 2.51. The zero-order chi connectivity index (χ0) is 32.4. The molecule has 2 fully saturated rings. The van der Waals surface area contributed by atoms with Crippen LogP contribution in [0.3, 0.4) is 0 Å². The zero-order valence-corrected chi connectivity index (χ0v) is 28.7. The molecule has 2 saturated heterocycles. The molecule has 0 aromatic heterocycles. The molecule has 3 heterocycles. The molecule has 0 bridgehead atoms. The molecule has 46 heavy (non-hydrogen) atoms. The lowest BCUT2D eigenvalue weighted by atomic mass is 9.93. The summed E-state index contributed by atoms with van der Waals surface area (Å²) in [6, 6.07) is 24.9. The SMILES string of the molecule is COc1ccc([Si](C)(C)[C@@H]2[C@@H](C)[C@@H](CCc3ccc(N4CCCC4=O)cc3)O[C@H]2CC(=O)N2Cc3ccccc3C[C@H]2CO)cc1. The number of anilines is 1. The molecule has 6 rings (SSSR count). The van der Waals surface area contributed by atoms with E-state index in [9.17, 15) is 14.7 Å². The van der Waals surface area contributed by atoms with Crippen LogP contribution in [-0.2, 0) is 33.7 Å². The van der Waals surface area contributed by atoms with Gasteiger partial charge in [0, 0.05) is 25.2 Å². The molecule has 7 nitrogen and oxygen atoms in total. The first-order valence-electron chi connectivity index (χ1n) is 16.9. The van der Waals surface area contributed by atoms with Crippen molar-refractivity contribution in [2.45, 2.75) is 88.9 Å². The van der Waals surface area contributed by atoms with E-state index in [0.29, 0.717) is 25.8 Å². The first-order chi connectivity index (χ1) is 22.2. The van der Waals surface area contributed by atoms with Gasteiger partial charge in [-0.2, -0.15) is 0 Å². The highest BCUT2D eigenvalue weighted by Crippen LogP contribution is 2.47. The van der Waals surface area contributed by atoms with Gasteiger partial charge in [0.05, 0.1) is 46.5 Å². The first kappa shape index (κ1) is 32.5. The molecule has 5 atom stereocenters. The summed E-state index contributed by atoms with van der Waals surface area (Å²) in [7, 11) is -0.436. The van der Waals surface area contributed by atoms with Crippen LogP contribution < -0.4 is 14.8 Å². The highest BCUT2D eigenvalue weighted by atomic mass is 28.3. The Balaban J connectivity index is 1.21. The van der Waals surface area contributed by atoms with Gasteiger partial charge >= 0.3 is 0 Å². The lowest BCUT2D eigenvalue weighted by molar-refractivity contribution is -0.138. The van der Waals surface area contributed by atoms with Gasteiger partial charge in [-0.15, -0.1) is 0 Å². The summed E-state index contributed by atoms with van der Waals surface area (Å²) in [5, 5.41) is 11.6. The number of benzene rings is 3. The molecule has 8 heteroatoms. The van der Waals surface area contributed by atoms with Gasteiger partial charge in [-0.05, 0) is 78.1 Å². The summed E-state index contributed by atoms with van der Waals surface area (Å²) >= 11 is 0. The standard InChI is InChI=1S/C38H48N2O5Si/c1-26-34(20-13-27-11-14-30(15-12-27)39-21-7-10-36(39)42)45-35(38(26)46(3,4)33-18-16-32(44-2)17-19-33)23-37(43)40-24-29-9-6-5-8-28(29)22-31(40)25-41/h5-6,8-9,11-12,14-19,26,31,34-35,38,41H,7,10,13,20-25H2,1-4H3/t26-,31-,34+,35-,38+/m0/s1. The predicted molar refractivity (Wildman–Crippen MR) is 184 cm³/mol. The maximum absolute atomic E-state index is 14.1. The van der Waals surface area contributed by atoms with Crippen molar-refractivity contribution < 1.29 is 24.2 Å². The second kappa shape index (κ2) is 13.7. The molecular weight excluding hydrogens is 593 g/mol. The van der Waals surface area contributed by atoms with Crippen LogP contribution in [0.15, 0.2) is 72.8 Å². The third-order valence-electron chi connectivity index (χ3n) is 10.9. The number of carbonyl (C=O) groups excluding carboxylic acids is 2. The number of methoxy groups -OCH3 is 1. The second-order valence-corrected chi connectivity index (χ2v) is 18.6. The van der Waals surface area contributed by atoms with Gasteiger partial charge < -0.3 is 24.4 Å². The van der Waals surface area contributed by atoms with Crippen LogP contribution in [0.5, 0.6) is 5.75 Å². The topological polar surface area (TPSA) is 79.3 Å². The lowest BCUT2D eigenvalue weighted by Gasteiger charge is -2.39. The number of ether oxygens (including phenoxy) is 2. The van der Waals surface area contributed by atoms with Crippen molar-refractivity contribution in [1.82, 2.24) is 4.90 Å². The Morgan fingerprint density at radius 1 is 1.00 bits per heavy atom. The summed E-state index contributed by atoms with van der Waals surface area (Å²) in [6.07, 6.45) is 4.11. The van der Waals surface area contributed by atoms with Gasteiger partial charge in [-0.3, -0.25) is 9.59 Å². The number of aryl methyl sites for hydroxylation is 1. The number of hydrogen-bond donors (Lipinski definition) is 1. The van der Waals surface area contributed by atoms with E-state index in [0.717, 1.165) is 42.8 Å². The Bertz CT molecular complexity index is 1520. The Morgan fingerprint density at radius 2 is 1.72 bits per heavy atom. The molecular formula is C38H48N2O5Si. The third kappa shape index (κ3) is 6.53.